The maximum Gasteiger partial charge on any atom is 0.206 e. The molecule has 0 saturated heterocycles. The summed E-state index contributed by atoms with van der Waals surface area (Å²) in [5.74, 6) is -0.216. The molecule has 0 aromatic carbocycles. The highest BCUT2D eigenvalue weighted by Gasteiger charge is 1.97. The molecular formula is C8H11N7S. The highest BCUT2D eigenvalue weighted by molar-refractivity contribution is 7.08. The van der Waals surface area contributed by atoms with Crippen LogP contribution in [-0.4, -0.2) is 24.7 Å². The number of rotatable bonds is 5. The second kappa shape index (κ2) is 6.30. The van der Waals surface area contributed by atoms with Crippen LogP contribution in [0.15, 0.2) is 21.0 Å². The van der Waals surface area contributed by atoms with Crippen LogP contribution in [0.1, 0.15) is 11.1 Å². The van der Waals surface area contributed by atoms with Crippen LogP contribution < -0.4 is 16.6 Å². The minimum atomic E-state index is -0.216. The molecule has 8 heteroatoms. The van der Waals surface area contributed by atoms with E-state index in [1.165, 1.54) is 11.3 Å². The Labute approximate surface area is 96.1 Å². The van der Waals surface area contributed by atoms with E-state index >= 15 is 0 Å². The first-order valence-electron chi connectivity index (χ1n) is 4.21. The van der Waals surface area contributed by atoms with E-state index in [1.807, 2.05) is 10.8 Å². The van der Waals surface area contributed by atoms with E-state index in [2.05, 4.69) is 21.1 Å². The van der Waals surface area contributed by atoms with Crippen molar-refractivity contribution in [1.29, 1.82) is 10.8 Å². The summed E-state index contributed by atoms with van der Waals surface area (Å²) in [4.78, 5) is 0. The predicted octanol–water partition coefficient (Wildman–Crippen LogP) is 0.0956. The minimum absolute atomic E-state index is 0.216. The molecule has 0 amide bonds. The van der Waals surface area contributed by atoms with E-state index < -0.39 is 0 Å². The van der Waals surface area contributed by atoms with Gasteiger partial charge in [0.05, 0.1) is 18.8 Å². The van der Waals surface area contributed by atoms with Gasteiger partial charge in [-0.1, -0.05) is 0 Å². The SMILES string of the molecule is N=CN/N=C/c1cscc1/C=N/NC(=N)N. The smallest absolute Gasteiger partial charge is 0.206 e. The Hall–Kier alpha value is -2.22. The van der Waals surface area contributed by atoms with Crippen LogP contribution in [0.3, 0.4) is 0 Å². The van der Waals surface area contributed by atoms with Crippen molar-refractivity contribution in [2.45, 2.75) is 0 Å². The average molecular weight is 237 g/mol. The van der Waals surface area contributed by atoms with Gasteiger partial charge in [0.1, 0.15) is 0 Å². The molecule has 1 aromatic rings. The molecule has 0 unspecified atom stereocenters. The molecule has 7 nitrogen and oxygen atoms in total. The molecule has 0 fully saturated rings. The van der Waals surface area contributed by atoms with E-state index in [4.69, 9.17) is 16.6 Å². The van der Waals surface area contributed by atoms with Gasteiger partial charge in [-0.25, -0.2) is 5.43 Å². The van der Waals surface area contributed by atoms with E-state index in [9.17, 15) is 0 Å². The summed E-state index contributed by atoms with van der Waals surface area (Å²) in [6.07, 6.45) is 4.11. The molecule has 0 bridgehead atoms. The Balaban J connectivity index is 2.66. The lowest BCUT2D eigenvalue weighted by atomic mass is 10.2. The van der Waals surface area contributed by atoms with Crippen molar-refractivity contribution < 1.29 is 0 Å². The van der Waals surface area contributed by atoms with Crippen molar-refractivity contribution in [3.05, 3.63) is 21.9 Å². The third-order valence-electron chi connectivity index (χ3n) is 1.45. The molecule has 16 heavy (non-hydrogen) atoms. The summed E-state index contributed by atoms with van der Waals surface area (Å²) in [7, 11) is 0. The van der Waals surface area contributed by atoms with Gasteiger partial charge >= 0.3 is 0 Å². The zero-order chi connectivity index (χ0) is 11.8. The van der Waals surface area contributed by atoms with Crippen LogP contribution in [0.25, 0.3) is 0 Å². The van der Waals surface area contributed by atoms with Crippen LogP contribution >= 0.6 is 11.3 Å². The number of hydrogen-bond acceptors (Lipinski definition) is 5. The van der Waals surface area contributed by atoms with E-state index in [-0.39, 0.29) is 5.96 Å². The summed E-state index contributed by atoms with van der Waals surface area (Å²) in [5.41, 5.74) is 11.5. The first kappa shape index (κ1) is 11.9. The Bertz CT molecular complexity index is 420. The summed E-state index contributed by atoms with van der Waals surface area (Å²) in [6, 6.07) is 0. The maximum atomic E-state index is 6.91. The molecule has 1 rings (SSSR count). The van der Waals surface area contributed by atoms with E-state index in [0.29, 0.717) is 0 Å². The third-order valence-corrected chi connectivity index (χ3v) is 2.23. The number of thiophene rings is 1. The van der Waals surface area contributed by atoms with Gasteiger partial charge in [0.25, 0.3) is 0 Å². The first-order chi connectivity index (χ1) is 7.74. The van der Waals surface area contributed by atoms with Crippen molar-refractivity contribution in [3.8, 4) is 0 Å². The van der Waals surface area contributed by atoms with Crippen LogP contribution in [0.2, 0.25) is 0 Å². The lowest BCUT2D eigenvalue weighted by Crippen LogP contribution is -2.25. The Morgan fingerprint density at radius 2 is 1.94 bits per heavy atom. The number of guanidine groups is 1. The topological polar surface area (TPSA) is 122 Å². The molecule has 0 saturated carbocycles. The molecule has 0 aliphatic heterocycles. The molecule has 1 heterocycles. The Morgan fingerprint density at radius 3 is 2.50 bits per heavy atom. The minimum Gasteiger partial charge on any atom is -0.369 e. The Morgan fingerprint density at radius 1 is 1.31 bits per heavy atom. The third kappa shape index (κ3) is 3.88. The average Bonchev–Trinajstić information content (AvgIpc) is 2.66. The summed E-state index contributed by atoms with van der Waals surface area (Å²) < 4.78 is 0. The summed E-state index contributed by atoms with van der Waals surface area (Å²) in [5, 5.41) is 24.9. The fraction of sp³-hybridized carbons (Fsp3) is 0. The first-order valence-corrected chi connectivity index (χ1v) is 5.15. The zero-order valence-electron chi connectivity index (χ0n) is 8.27. The molecule has 84 valence electrons. The molecule has 0 aliphatic carbocycles. The van der Waals surface area contributed by atoms with Gasteiger partial charge in [-0.15, -0.1) is 0 Å². The normalized spacial score (nSPS) is 10.8. The predicted molar refractivity (Wildman–Crippen MR) is 66.5 cm³/mol. The molecular weight excluding hydrogens is 226 g/mol. The fourth-order valence-electron chi connectivity index (χ4n) is 0.842. The van der Waals surface area contributed by atoms with Gasteiger partial charge in [-0.2, -0.15) is 21.5 Å². The van der Waals surface area contributed by atoms with E-state index in [0.717, 1.165) is 17.5 Å². The molecule has 1 aromatic heterocycles. The van der Waals surface area contributed by atoms with Crippen LogP contribution in [-0.2, 0) is 0 Å². The molecule has 0 radical (unpaired) electrons. The number of nitrogens with two attached hydrogens (primary N) is 1. The van der Waals surface area contributed by atoms with Gasteiger partial charge < -0.3 is 5.73 Å². The molecule has 0 atom stereocenters. The van der Waals surface area contributed by atoms with Crippen molar-refractivity contribution >= 4 is 36.1 Å². The largest absolute Gasteiger partial charge is 0.369 e. The maximum absolute atomic E-state index is 6.91. The molecule has 0 spiro atoms. The zero-order valence-corrected chi connectivity index (χ0v) is 9.08. The molecule has 0 aliphatic rings. The van der Waals surface area contributed by atoms with Crippen molar-refractivity contribution in [1.82, 2.24) is 10.9 Å². The van der Waals surface area contributed by atoms with Gasteiger partial charge in [-0.3, -0.25) is 16.2 Å². The second-order valence-electron chi connectivity index (χ2n) is 2.60. The second-order valence-corrected chi connectivity index (χ2v) is 3.34. The standard InChI is InChI=1S/C8H11N7S/c9-5-14-12-1-6-3-16-4-7(6)2-13-15-8(10)11/h1-5H,(H2,9,14)(H4,10,11,15)/b12-1+,13-2+. The van der Waals surface area contributed by atoms with Crippen LogP contribution in [0.4, 0.5) is 0 Å². The highest BCUT2D eigenvalue weighted by Crippen LogP contribution is 2.10. The monoisotopic (exact) mass is 237 g/mol. The number of hydrazone groups is 2. The van der Waals surface area contributed by atoms with E-state index in [1.54, 1.807) is 12.4 Å². The van der Waals surface area contributed by atoms with Gasteiger partial charge in [0, 0.05) is 21.9 Å². The molecule has 6 N–H and O–H groups in total. The van der Waals surface area contributed by atoms with Crippen LogP contribution in [0.5, 0.6) is 0 Å². The lowest BCUT2D eigenvalue weighted by molar-refractivity contribution is 1.00. The van der Waals surface area contributed by atoms with Crippen molar-refractivity contribution in [2.75, 3.05) is 0 Å². The lowest BCUT2D eigenvalue weighted by Gasteiger charge is -1.94. The van der Waals surface area contributed by atoms with Crippen LogP contribution in [0, 0.1) is 10.8 Å². The highest BCUT2D eigenvalue weighted by atomic mass is 32.1. The number of hydrogen-bond donors (Lipinski definition) is 5. The van der Waals surface area contributed by atoms with Gasteiger partial charge in [0.2, 0.25) is 5.96 Å². The summed E-state index contributed by atoms with van der Waals surface area (Å²) in [6.45, 7) is 0. The van der Waals surface area contributed by atoms with Crippen molar-refractivity contribution in [2.24, 2.45) is 15.9 Å². The number of nitrogens with zero attached hydrogens (tertiary/aromatic N) is 2. The fourth-order valence-corrected chi connectivity index (χ4v) is 1.60. The van der Waals surface area contributed by atoms with Crippen molar-refractivity contribution in [3.63, 3.8) is 0 Å². The summed E-state index contributed by atoms with van der Waals surface area (Å²) >= 11 is 1.50. The quantitative estimate of drug-likeness (QED) is 0.283. The van der Waals surface area contributed by atoms with Gasteiger partial charge in [-0.05, 0) is 0 Å². The number of nitrogens with one attached hydrogen (secondary N) is 4. The van der Waals surface area contributed by atoms with Gasteiger partial charge in [0.15, 0.2) is 0 Å². The Kier molecular flexibility index (Phi) is 4.67.